The van der Waals surface area contributed by atoms with Crippen molar-refractivity contribution in [3.63, 3.8) is 0 Å². The van der Waals surface area contributed by atoms with Crippen LogP contribution < -0.4 is 24.8 Å². The molecule has 0 saturated heterocycles. The quantitative estimate of drug-likeness (QED) is 0.0804. The number of benzene rings is 4. The van der Waals surface area contributed by atoms with Crippen molar-refractivity contribution in [2.45, 2.75) is 91.9 Å². The van der Waals surface area contributed by atoms with Crippen molar-refractivity contribution in [1.82, 2.24) is 0 Å². The molecular weight excluding hydrogens is 819 g/mol. The molecule has 8 aromatic rings. The Bertz CT molecular complexity index is 2220. The molecule has 0 atom stereocenters. The fourth-order valence-electron chi connectivity index (χ4n) is 7.65. The van der Waals surface area contributed by atoms with E-state index in [0.717, 1.165) is 34.2 Å². The summed E-state index contributed by atoms with van der Waals surface area (Å²) in [7, 11) is 0. The van der Waals surface area contributed by atoms with Gasteiger partial charge in [0.05, 0.1) is 23.0 Å². The first-order chi connectivity index (χ1) is 26.5. The van der Waals surface area contributed by atoms with E-state index in [2.05, 4.69) is 135 Å². The fourth-order valence-corrected chi connectivity index (χ4v) is 7.65. The van der Waals surface area contributed by atoms with Gasteiger partial charge in [-0.3, -0.25) is 0 Å². The number of aryl methyl sites for hydroxylation is 4. The summed E-state index contributed by atoms with van der Waals surface area (Å²) in [6, 6.07) is 48.4. The Morgan fingerprint density at radius 1 is 0.456 bits per heavy atom. The zero-order valence-electron chi connectivity index (χ0n) is 33.8. The molecule has 0 spiro atoms. The number of halogens is 2. The summed E-state index contributed by atoms with van der Waals surface area (Å²) in [5.74, 6) is 3.78. The molecule has 5 heteroatoms. The van der Waals surface area contributed by atoms with Gasteiger partial charge in [0.15, 0.2) is 0 Å². The molecule has 2 nitrogen and oxygen atoms in total. The molecule has 0 fully saturated rings. The molecule has 8 rings (SSSR count). The van der Waals surface area contributed by atoms with Crippen LogP contribution in [-0.4, -0.2) is 0 Å². The van der Waals surface area contributed by atoms with Crippen LogP contribution in [0.25, 0.3) is 66.4 Å². The number of hydrogen-bond donors (Lipinski definition) is 0. The predicted molar refractivity (Wildman–Crippen MR) is 231 cm³/mol. The van der Waals surface area contributed by atoms with Gasteiger partial charge in [-0.2, -0.15) is 0 Å². The monoisotopic (exact) mass is 870 g/mol. The standard InChI is InChI=1S/2C26H27O.2ClH.Zr/c2*1-3-4-5-6-8-20-12-14-21(15-13-20)24-10-7-9-22-17-23(18-25(22)24)26-16-11-19(2)27-26;;;/h2*7,9-18H,3-6,8H2,1-2H3;2*1H;/q2*-1;;;+4/p-2. The van der Waals surface area contributed by atoms with Crippen molar-refractivity contribution in [3.05, 3.63) is 156 Å². The normalized spacial score (nSPS) is 10.7. The maximum absolute atomic E-state index is 5.82. The molecular formula is C52H54Cl2O2Zr. The van der Waals surface area contributed by atoms with Crippen molar-refractivity contribution in [2.24, 2.45) is 0 Å². The molecule has 0 N–H and O–H groups in total. The van der Waals surface area contributed by atoms with Gasteiger partial charge in [-0.1, -0.05) is 147 Å². The van der Waals surface area contributed by atoms with Crippen LogP contribution in [0.2, 0.25) is 0 Å². The summed E-state index contributed by atoms with van der Waals surface area (Å²) in [6.45, 7) is 8.50. The number of furan rings is 2. The smallest absolute Gasteiger partial charge is 1.00 e. The molecule has 0 aliphatic heterocycles. The molecule has 292 valence electrons. The van der Waals surface area contributed by atoms with Gasteiger partial charge in [-0.25, -0.2) is 0 Å². The van der Waals surface area contributed by atoms with Gasteiger partial charge in [-0.05, 0) is 86.1 Å². The van der Waals surface area contributed by atoms with Crippen LogP contribution in [0.4, 0.5) is 0 Å². The number of hydrogen-bond acceptors (Lipinski definition) is 2. The van der Waals surface area contributed by atoms with Gasteiger partial charge in [0, 0.05) is 0 Å². The van der Waals surface area contributed by atoms with Crippen molar-refractivity contribution < 1.29 is 59.9 Å². The maximum atomic E-state index is 5.82. The van der Waals surface area contributed by atoms with Crippen LogP contribution in [-0.2, 0) is 39.0 Å². The molecule has 0 aliphatic carbocycles. The third-order valence-corrected chi connectivity index (χ3v) is 10.7. The van der Waals surface area contributed by atoms with Crippen LogP contribution in [0.3, 0.4) is 0 Å². The van der Waals surface area contributed by atoms with Crippen LogP contribution in [0.5, 0.6) is 0 Å². The predicted octanol–water partition coefficient (Wildman–Crippen LogP) is 9.84. The first-order valence-corrected chi connectivity index (χ1v) is 20.2. The van der Waals surface area contributed by atoms with E-state index in [-0.39, 0.29) is 51.0 Å². The fraction of sp³-hybridized carbons (Fsp3) is 0.269. The molecule has 2 aromatic heterocycles. The van der Waals surface area contributed by atoms with Gasteiger partial charge in [0.2, 0.25) is 0 Å². The Labute approximate surface area is 371 Å². The molecule has 0 bridgehead atoms. The second-order valence-corrected chi connectivity index (χ2v) is 14.9. The summed E-state index contributed by atoms with van der Waals surface area (Å²) in [4.78, 5) is 0. The molecule has 0 aliphatic rings. The van der Waals surface area contributed by atoms with Crippen molar-refractivity contribution in [2.75, 3.05) is 0 Å². The zero-order chi connectivity index (χ0) is 37.3. The average Bonchev–Trinajstić information content (AvgIpc) is 4.02. The first kappa shape index (κ1) is 45.8. The van der Waals surface area contributed by atoms with Gasteiger partial charge >= 0.3 is 26.2 Å². The molecule has 6 aromatic carbocycles. The zero-order valence-corrected chi connectivity index (χ0v) is 37.8. The Hall–Kier alpha value is -3.88. The van der Waals surface area contributed by atoms with E-state index in [1.165, 1.54) is 119 Å². The van der Waals surface area contributed by atoms with E-state index in [9.17, 15) is 0 Å². The van der Waals surface area contributed by atoms with Crippen molar-refractivity contribution >= 4 is 21.5 Å². The summed E-state index contributed by atoms with van der Waals surface area (Å²) < 4.78 is 11.6. The van der Waals surface area contributed by atoms with Gasteiger partial charge in [-0.15, -0.1) is 57.9 Å². The summed E-state index contributed by atoms with van der Waals surface area (Å²) in [5.41, 5.74) is 10.3. The molecule has 0 radical (unpaired) electrons. The van der Waals surface area contributed by atoms with E-state index < -0.39 is 0 Å². The van der Waals surface area contributed by atoms with Crippen molar-refractivity contribution in [3.8, 4) is 44.9 Å². The minimum atomic E-state index is 0. The minimum Gasteiger partial charge on any atom is -1.00 e. The number of fused-ring (bicyclic) bond motifs is 2. The topological polar surface area (TPSA) is 26.3 Å². The molecule has 0 saturated carbocycles. The third kappa shape index (κ3) is 11.6. The SMILES string of the molecule is CCCCCCc1ccc(-c2cccc3[cH-]c(-c4ccc(C)o4)cc23)cc1.CCCCCCc1ccc(-c2cccc3[cH-]c(-c4ccc(C)o4)cc23)cc1.[Cl-].[Cl-].[Zr+4]. The molecule has 2 heterocycles. The Kier molecular flexibility index (Phi) is 17.9. The molecule has 0 amide bonds. The van der Waals surface area contributed by atoms with Crippen LogP contribution in [0, 0.1) is 13.8 Å². The van der Waals surface area contributed by atoms with E-state index in [1.807, 2.05) is 26.0 Å². The van der Waals surface area contributed by atoms with Crippen molar-refractivity contribution in [1.29, 1.82) is 0 Å². The summed E-state index contributed by atoms with van der Waals surface area (Å²) in [6.07, 6.45) is 12.9. The van der Waals surface area contributed by atoms with Gasteiger partial charge < -0.3 is 33.6 Å². The van der Waals surface area contributed by atoms with E-state index >= 15 is 0 Å². The Balaban J connectivity index is 0.000000240. The maximum Gasteiger partial charge on any atom is 4.00 e. The Morgan fingerprint density at radius 2 is 0.860 bits per heavy atom. The second-order valence-electron chi connectivity index (χ2n) is 14.9. The Morgan fingerprint density at radius 3 is 1.21 bits per heavy atom. The first-order valence-electron chi connectivity index (χ1n) is 20.2. The average molecular weight is 873 g/mol. The van der Waals surface area contributed by atoms with Gasteiger partial charge in [0.25, 0.3) is 0 Å². The van der Waals surface area contributed by atoms with E-state index in [0.29, 0.717) is 0 Å². The van der Waals surface area contributed by atoms with E-state index in [1.54, 1.807) is 0 Å². The summed E-state index contributed by atoms with van der Waals surface area (Å²) >= 11 is 0. The van der Waals surface area contributed by atoms with Crippen LogP contribution in [0.1, 0.15) is 87.9 Å². The van der Waals surface area contributed by atoms with Crippen LogP contribution >= 0.6 is 0 Å². The molecule has 57 heavy (non-hydrogen) atoms. The largest absolute Gasteiger partial charge is 4.00 e. The van der Waals surface area contributed by atoms with E-state index in [4.69, 9.17) is 8.83 Å². The number of unbranched alkanes of at least 4 members (excludes halogenated alkanes) is 6. The van der Waals surface area contributed by atoms with Gasteiger partial charge in [0.1, 0.15) is 0 Å². The minimum absolute atomic E-state index is 0. The number of rotatable bonds is 14. The summed E-state index contributed by atoms with van der Waals surface area (Å²) in [5, 5.41) is 5.11. The molecule has 0 unspecified atom stereocenters. The second kappa shape index (κ2) is 22.3. The van der Waals surface area contributed by atoms with Crippen LogP contribution in [0.15, 0.2) is 142 Å². The third-order valence-electron chi connectivity index (χ3n) is 10.7.